The summed E-state index contributed by atoms with van der Waals surface area (Å²) in [5.41, 5.74) is 3.27. The predicted octanol–water partition coefficient (Wildman–Crippen LogP) is 4.16. The van der Waals surface area contributed by atoms with Gasteiger partial charge in [-0.2, -0.15) is 0 Å². The monoisotopic (exact) mass is 450 g/mol. The van der Waals surface area contributed by atoms with Gasteiger partial charge in [-0.15, -0.1) is 0 Å². The lowest BCUT2D eigenvalue weighted by Gasteiger charge is -2.34. The number of benzene rings is 2. The quantitative estimate of drug-likeness (QED) is 0.660. The van der Waals surface area contributed by atoms with Crippen LogP contribution >= 0.6 is 0 Å². The third kappa shape index (κ3) is 4.19. The van der Waals surface area contributed by atoms with Crippen LogP contribution in [0.2, 0.25) is 0 Å². The molecule has 1 aliphatic heterocycles. The topological polar surface area (TPSA) is 95.9 Å². The van der Waals surface area contributed by atoms with Gasteiger partial charge in [0.25, 0.3) is 0 Å². The van der Waals surface area contributed by atoms with E-state index in [9.17, 15) is 19.5 Å². The molecule has 2 aromatic rings. The van der Waals surface area contributed by atoms with E-state index in [4.69, 9.17) is 4.74 Å². The first-order valence-corrected chi connectivity index (χ1v) is 11.5. The number of likely N-dealkylation sites (tertiary alicyclic amines) is 1. The molecular formula is C26H30N2O5. The van der Waals surface area contributed by atoms with Gasteiger partial charge < -0.3 is 20.1 Å². The van der Waals surface area contributed by atoms with Gasteiger partial charge in [0, 0.05) is 12.5 Å². The van der Waals surface area contributed by atoms with Crippen LogP contribution in [0.15, 0.2) is 48.5 Å². The number of carboxylic acids is 1. The number of hydrogen-bond acceptors (Lipinski definition) is 4. The molecule has 0 spiro atoms. The minimum absolute atomic E-state index is 0.0719. The maximum Gasteiger partial charge on any atom is 0.407 e. The van der Waals surface area contributed by atoms with Crippen molar-refractivity contribution in [1.82, 2.24) is 10.2 Å². The van der Waals surface area contributed by atoms with Gasteiger partial charge in [0.1, 0.15) is 18.2 Å². The number of amides is 2. The van der Waals surface area contributed by atoms with Gasteiger partial charge in [0.2, 0.25) is 5.91 Å². The minimum Gasteiger partial charge on any atom is -0.480 e. The van der Waals surface area contributed by atoms with Gasteiger partial charge in [-0.05, 0) is 48.4 Å². The molecule has 4 rings (SSSR count). The normalized spacial score (nSPS) is 20.1. The summed E-state index contributed by atoms with van der Waals surface area (Å²) in [7, 11) is 0. The fraction of sp³-hybridized carbons (Fsp3) is 0.423. The number of carboxylic acid groups (broad SMARTS) is 1. The van der Waals surface area contributed by atoms with Crippen molar-refractivity contribution in [1.29, 1.82) is 0 Å². The largest absolute Gasteiger partial charge is 0.480 e. The maximum atomic E-state index is 13.2. The maximum absolute atomic E-state index is 13.2. The van der Waals surface area contributed by atoms with Gasteiger partial charge in [-0.1, -0.05) is 61.9 Å². The average Bonchev–Trinajstić information content (AvgIpc) is 3.36. The first-order valence-electron chi connectivity index (χ1n) is 11.5. The number of aliphatic carboxylic acids is 1. The zero-order chi connectivity index (χ0) is 23.6. The Labute approximate surface area is 193 Å². The number of alkyl carbamates (subject to hydrolysis) is 1. The lowest BCUT2D eigenvalue weighted by Crippen LogP contribution is -2.57. The number of ether oxygens (including phenoxy) is 1. The Morgan fingerprint density at radius 1 is 1.12 bits per heavy atom. The smallest absolute Gasteiger partial charge is 0.407 e. The Kier molecular flexibility index (Phi) is 6.40. The molecule has 1 unspecified atom stereocenters. The molecule has 174 valence electrons. The first-order chi connectivity index (χ1) is 15.9. The van der Waals surface area contributed by atoms with Crippen molar-refractivity contribution < 1.29 is 24.2 Å². The Morgan fingerprint density at radius 3 is 2.30 bits per heavy atom. The van der Waals surface area contributed by atoms with Crippen molar-refractivity contribution in [2.75, 3.05) is 13.2 Å². The molecule has 7 nitrogen and oxygen atoms in total. The molecule has 2 atom stereocenters. The van der Waals surface area contributed by atoms with Crippen molar-refractivity contribution in [2.24, 2.45) is 0 Å². The molecule has 2 amide bonds. The first kappa shape index (κ1) is 22.8. The number of carbonyl (C=O) groups is 3. The van der Waals surface area contributed by atoms with Crippen molar-refractivity contribution in [3.8, 4) is 11.1 Å². The highest BCUT2D eigenvalue weighted by molar-refractivity contribution is 5.91. The molecule has 33 heavy (non-hydrogen) atoms. The number of nitrogens with zero attached hydrogens (tertiary/aromatic N) is 1. The van der Waals surface area contributed by atoms with Crippen molar-refractivity contribution >= 4 is 18.0 Å². The molecule has 1 aliphatic carbocycles. The van der Waals surface area contributed by atoms with E-state index in [0.717, 1.165) is 22.3 Å². The fourth-order valence-electron chi connectivity index (χ4n) is 5.06. The Balaban J connectivity index is 1.44. The summed E-state index contributed by atoms with van der Waals surface area (Å²) < 4.78 is 5.59. The van der Waals surface area contributed by atoms with Crippen LogP contribution in [0.25, 0.3) is 11.1 Å². The molecule has 2 aromatic carbocycles. The molecule has 0 saturated carbocycles. The summed E-state index contributed by atoms with van der Waals surface area (Å²) in [6.45, 7) is 4.01. The Morgan fingerprint density at radius 2 is 1.73 bits per heavy atom. The second-order valence-corrected chi connectivity index (χ2v) is 8.98. The van der Waals surface area contributed by atoms with Crippen LogP contribution in [0.1, 0.15) is 56.6 Å². The summed E-state index contributed by atoms with van der Waals surface area (Å²) in [5.74, 6) is -1.46. The molecule has 0 aromatic heterocycles. The molecule has 1 fully saturated rings. The second-order valence-electron chi connectivity index (χ2n) is 8.98. The van der Waals surface area contributed by atoms with Crippen LogP contribution in [0.5, 0.6) is 0 Å². The molecule has 2 aliphatic rings. The van der Waals surface area contributed by atoms with Crippen LogP contribution in [-0.2, 0) is 14.3 Å². The third-order valence-electron chi connectivity index (χ3n) is 6.88. The van der Waals surface area contributed by atoms with Gasteiger partial charge in [-0.3, -0.25) is 4.79 Å². The Hall–Kier alpha value is -3.35. The predicted molar refractivity (Wildman–Crippen MR) is 124 cm³/mol. The summed E-state index contributed by atoms with van der Waals surface area (Å²) in [6.07, 6.45) is 1.43. The SMILES string of the molecule is CCCC(NC(=O)OCC1c2ccccc2-c2ccccc21)C(=O)N1CCC[C@]1(C)C(=O)O. The van der Waals surface area contributed by atoms with Gasteiger partial charge >= 0.3 is 12.1 Å². The zero-order valence-electron chi connectivity index (χ0n) is 19.0. The van der Waals surface area contributed by atoms with E-state index in [1.54, 1.807) is 6.92 Å². The van der Waals surface area contributed by atoms with E-state index < -0.39 is 23.6 Å². The van der Waals surface area contributed by atoms with Crippen molar-refractivity contribution in [3.63, 3.8) is 0 Å². The molecule has 0 bridgehead atoms. The van der Waals surface area contributed by atoms with Gasteiger partial charge in [0.05, 0.1) is 0 Å². The Bertz CT molecular complexity index is 1020. The van der Waals surface area contributed by atoms with E-state index in [2.05, 4.69) is 17.4 Å². The van der Waals surface area contributed by atoms with Crippen molar-refractivity contribution in [2.45, 2.75) is 57.0 Å². The number of hydrogen-bond donors (Lipinski definition) is 2. The summed E-state index contributed by atoms with van der Waals surface area (Å²) >= 11 is 0. The van der Waals surface area contributed by atoms with Crippen LogP contribution in [-0.4, -0.2) is 52.7 Å². The molecule has 1 saturated heterocycles. The van der Waals surface area contributed by atoms with E-state index >= 15 is 0 Å². The van der Waals surface area contributed by atoms with Gasteiger partial charge in [-0.25, -0.2) is 9.59 Å². The highest BCUT2D eigenvalue weighted by Gasteiger charge is 2.47. The standard InChI is InChI=1S/C26H30N2O5/c1-3-9-22(23(29)28-15-8-14-26(28,2)24(30)31)27-25(32)33-16-21-19-12-6-4-10-17(19)18-11-5-7-13-20(18)21/h4-7,10-13,21-22H,3,8-9,14-16H2,1-2H3,(H,27,32)(H,30,31)/t22?,26-/m1/s1. The second kappa shape index (κ2) is 9.25. The lowest BCUT2D eigenvalue weighted by molar-refractivity contribution is -0.156. The van der Waals surface area contributed by atoms with Crippen LogP contribution in [0.4, 0.5) is 4.79 Å². The van der Waals surface area contributed by atoms with Crippen LogP contribution in [0.3, 0.4) is 0 Å². The highest BCUT2D eigenvalue weighted by atomic mass is 16.5. The number of rotatable bonds is 7. The van der Waals surface area contributed by atoms with Gasteiger partial charge in [0.15, 0.2) is 0 Å². The van der Waals surface area contributed by atoms with Crippen molar-refractivity contribution in [3.05, 3.63) is 59.7 Å². The average molecular weight is 451 g/mol. The molecule has 0 radical (unpaired) electrons. The molecule has 2 N–H and O–H groups in total. The third-order valence-corrected chi connectivity index (χ3v) is 6.88. The minimum atomic E-state index is -1.24. The van der Waals surface area contributed by atoms with E-state index in [-0.39, 0.29) is 18.4 Å². The number of carbonyl (C=O) groups excluding carboxylic acids is 2. The molecule has 1 heterocycles. The fourth-order valence-corrected chi connectivity index (χ4v) is 5.06. The molecule has 7 heteroatoms. The number of fused-ring (bicyclic) bond motifs is 3. The number of nitrogens with one attached hydrogen (secondary N) is 1. The zero-order valence-corrected chi connectivity index (χ0v) is 19.0. The van der Waals surface area contributed by atoms with E-state index in [1.807, 2.05) is 43.3 Å². The van der Waals surface area contributed by atoms with Crippen LogP contribution < -0.4 is 5.32 Å². The summed E-state index contributed by atoms with van der Waals surface area (Å²) in [4.78, 5) is 39.0. The summed E-state index contributed by atoms with van der Waals surface area (Å²) in [6, 6.07) is 15.4. The summed E-state index contributed by atoms with van der Waals surface area (Å²) in [5, 5.41) is 12.3. The van der Waals surface area contributed by atoms with Crippen LogP contribution in [0, 0.1) is 0 Å². The highest BCUT2D eigenvalue weighted by Crippen LogP contribution is 2.44. The van der Waals surface area contributed by atoms with E-state index in [1.165, 1.54) is 4.90 Å². The van der Waals surface area contributed by atoms with E-state index in [0.29, 0.717) is 32.2 Å². The molecular weight excluding hydrogens is 420 g/mol. The lowest BCUT2D eigenvalue weighted by atomic mass is 9.98.